The molecule has 0 fully saturated rings. The fourth-order valence-corrected chi connectivity index (χ4v) is 2.25. The smallest absolute Gasteiger partial charge is 0.270 e. The van der Waals surface area contributed by atoms with Crippen molar-refractivity contribution < 1.29 is 4.79 Å². The van der Waals surface area contributed by atoms with E-state index in [1.165, 1.54) is 0 Å². The highest BCUT2D eigenvalue weighted by Gasteiger charge is 2.08. The molecule has 0 atom stereocenters. The van der Waals surface area contributed by atoms with Gasteiger partial charge in [0.15, 0.2) is 0 Å². The molecule has 0 saturated carbocycles. The maximum Gasteiger partial charge on any atom is 0.270 e. The molecule has 1 aromatic heterocycles. The minimum Gasteiger partial charge on any atom is -0.384 e. The summed E-state index contributed by atoms with van der Waals surface area (Å²) in [5.41, 5.74) is 2.20. The van der Waals surface area contributed by atoms with Gasteiger partial charge in [0, 0.05) is 18.1 Å². The van der Waals surface area contributed by atoms with Gasteiger partial charge in [-0.25, -0.2) is 4.98 Å². The van der Waals surface area contributed by atoms with E-state index in [1.807, 2.05) is 24.3 Å². The van der Waals surface area contributed by atoms with E-state index in [-0.39, 0.29) is 5.91 Å². The van der Waals surface area contributed by atoms with Crippen LogP contribution < -0.4 is 10.6 Å². The third-order valence-corrected chi connectivity index (χ3v) is 3.81. The number of hydrogen-bond donors (Lipinski definition) is 2. The van der Waals surface area contributed by atoms with Crippen LogP contribution in [0.5, 0.6) is 0 Å². The predicted octanol–water partition coefficient (Wildman–Crippen LogP) is 4.12. The van der Waals surface area contributed by atoms with Crippen LogP contribution in [0, 0.1) is 5.92 Å². The lowest BCUT2D eigenvalue weighted by molar-refractivity contribution is 0.0946. The van der Waals surface area contributed by atoms with Crippen molar-refractivity contribution in [3.05, 3.63) is 58.9 Å². The van der Waals surface area contributed by atoms with E-state index in [2.05, 4.69) is 29.5 Å². The first-order valence-corrected chi connectivity index (χ1v) is 8.15. The van der Waals surface area contributed by atoms with Gasteiger partial charge >= 0.3 is 0 Å². The van der Waals surface area contributed by atoms with Crippen molar-refractivity contribution in [2.24, 2.45) is 5.92 Å². The summed E-state index contributed by atoms with van der Waals surface area (Å²) >= 11 is 6.07. The van der Waals surface area contributed by atoms with E-state index in [4.69, 9.17) is 11.6 Å². The number of anilines is 1. The molecule has 122 valence electrons. The molecule has 0 aliphatic carbocycles. The maximum atomic E-state index is 12.1. The summed E-state index contributed by atoms with van der Waals surface area (Å²) in [6.45, 7) is 5.66. The first kappa shape index (κ1) is 17.3. The van der Waals surface area contributed by atoms with Crippen LogP contribution in [0.15, 0.2) is 42.6 Å². The van der Waals surface area contributed by atoms with E-state index in [0.717, 1.165) is 24.2 Å². The van der Waals surface area contributed by atoms with Crippen LogP contribution in [0.4, 0.5) is 5.69 Å². The van der Waals surface area contributed by atoms with Gasteiger partial charge in [-0.1, -0.05) is 43.6 Å². The zero-order valence-electron chi connectivity index (χ0n) is 13.5. The lowest BCUT2D eigenvalue weighted by Gasteiger charge is -2.09. The molecule has 23 heavy (non-hydrogen) atoms. The Morgan fingerprint density at radius 1 is 1.22 bits per heavy atom. The van der Waals surface area contributed by atoms with Gasteiger partial charge in [-0.15, -0.1) is 0 Å². The average Bonchev–Trinajstić information content (AvgIpc) is 2.54. The molecule has 4 nitrogen and oxygen atoms in total. The van der Waals surface area contributed by atoms with Gasteiger partial charge in [0.05, 0.1) is 11.9 Å². The molecule has 2 N–H and O–H groups in total. The Bertz CT molecular complexity index is 641. The van der Waals surface area contributed by atoms with Gasteiger partial charge in [-0.05, 0) is 36.1 Å². The number of rotatable bonds is 7. The highest BCUT2D eigenvalue weighted by molar-refractivity contribution is 6.31. The van der Waals surface area contributed by atoms with Gasteiger partial charge in [0.1, 0.15) is 5.69 Å². The molecule has 1 heterocycles. The number of carbonyl (C=O) groups is 1. The number of nitrogens with one attached hydrogen (secondary N) is 2. The van der Waals surface area contributed by atoms with Gasteiger partial charge in [-0.3, -0.25) is 4.79 Å². The zero-order valence-corrected chi connectivity index (χ0v) is 14.2. The molecular formula is C18H22ClN3O. The lowest BCUT2D eigenvalue weighted by atomic mass is 10.1. The van der Waals surface area contributed by atoms with Crippen molar-refractivity contribution in [1.82, 2.24) is 10.3 Å². The van der Waals surface area contributed by atoms with Gasteiger partial charge in [0.2, 0.25) is 0 Å². The molecule has 0 saturated heterocycles. The van der Waals surface area contributed by atoms with E-state index < -0.39 is 0 Å². The van der Waals surface area contributed by atoms with Gasteiger partial charge < -0.3 is 10.6 Å². The molecule has 0 bridgehead atoms. The first-order valence-electron chi connectivity index (χ1n) is 7.78. The SMILES string of the molecule is CC(C)CCNc1ccc(C(=O)NCc2ccccc2Cl)nc1. The summed E-state index contributed by atoms with van der Waals surface area (Å²) < 4.78 is 0. The van der Waals surface area contributed by atoms with Crippen LogP contribution in [-0.2, 0) is 6.54 Å². The van der Waals surface area contributed by atoms with E-state index in [9.17, 15) is 4.79 Å². The van der Waals surface area contributed by atoms with Crippen molar-refractivity contribution in [1.29, 1.82) is 0 Å². The lowest BCUT2D eigenvalue weighted by Crippen LogP contribution is -2.23. The summed E-state index contributed by atoms with van der Waals surface area (Å²) in [5, 5.41) is 6.77. The van der Waals surface area contributed by atoms with Crippen molar-refractivity contribution >= 4 is 23.2 Å². The van der Waals surface area contributed by atoms with Crippen molar-refractivity contribution in [2.75, 3.05) is 11.9 Å². The van der Waals surface area contributed by atoms with Crippen molar-refractivity contribution in [3.8, 4) is 0 Å². The molecule has 2 aromatic rings. The second-order valence-corrected chi connectivity index (χ2v) is 6.22. The second-order valence-electron chi connectivity index (χ2n) is 5.82. The molecule has 0 aliphatic rings. The summed E-state index contributed by atoms with van der Waals surface area (Å²) in [4.78, 5) is 16.3. The molecule has 0 spiro atoms. The number of halogens is 1. The van der Waals surface area contributed by atoms with E-state index in [0.29, 0.717) is 23.2 Å². The summed E-state index contributed by atoms with van der Waals surface area (Å²) in [5.74, 6) is 0.448. The molecule has 0 unspecified atom stereocenters. The van der Waals surface area contributed by atoms with Crippen LogP contribution >= 0.6 is 11.6 Å². The Morgan fingerprint density at radius 2 is 2.00 bits per heavy atom. The third-order valence-electron chi connectivity index (χ3n) is 3.44. The Morgan fingerprint density at radius 3 is 2.65 bits per heavy atom. The van der Waals surface area contributed by atoms with Crippen molar-refractivity contribution in [3.63, 3.8) is 0 Å². The Labute approximate surface area is 142 Å². The molecule has 2 rings (SSSR count). The molecule has 0 aliphatic heterocycles. The number of hydrogen-bond acceptors (Lipinski definition) is 3. The number of benzene rings is 1. The standard InChI is InChI=1S/C18H22ClN3O/c1-13(2)9-10-20-15-7-8-17(21-12-15)18(23)22-11-14-5-3-4-6-16(14)19/h3-8,12-13,20H,9-11H2,1-2H3,(H,22,23). The van der Waals surface area contributed by atoms with Crippen LogP contribution in [0.25, 0.3) is 0 Å². The molecule has 1 amide bonds. The number of amides is 1. The molecule has 1 aromatic carbocycles. The largest absolute Gasteiger partial charge is 0.384 e. The Kier molecular flexibility index (Phi) is 6.41. The highest BCUT2D eigenvalue weighted by atomic mass is 35.5. The predicted molar refractivity (Wildman–Crippen MR) is 94.8 cm³/mol. The first-order chi connectivity index (χ1) is 11.1. The maximum absolute atomic E-state index is 12.1. The Balaban J connectivity index is 1.86. The topological polar surface area (TPSA) is 54.0 Å². The second kappa shape index (κ2) is 8.53. The summed E-state index contributed by atoms with van der Waals surface area (Å²) in [6, 6.07) is 11.0. The average molecular weight is 332 g/mol. The monoisotopic (exact) mass is 331 g/mol. The summed E-state index contributed by atoms with van der Waals surface area (Å²) in [6.07, 6.45) is 2.78. The fraction of sp³-hybridized carbons (Fsp3) is 0.333. The van der Waals surface area contributed by atoms with Crippen LogP contribution in [-0.4, -0.2) is 17.4 Å². The molecular weight excluding hydrogens is 310 g/mol. The Hall–Kier alpha value is -2.07. The van der Waals surface area contributed by atoms with E-state index in [1.54, 1.807) is 18.3 Å². The number of carbonyl (C=O) groups excluding carboxylic acids is 1. The molecule has 5 heteroatoms. The van der Waals surface area contributed by atoms with Crippen LogP contribution in [0.1, 0.15) is 36.3 Å². The zero-order chi connectivity index (χ0) is 16.7. The minimum atomic E-state index is -0.210. The van der Waals surface area contributed by atoms with Gasteiger partial charge in [-0.2, -0.15) is 0 Å². The van der Waals surface area contributed by atoms with Crippen LogP contribution in [0.3, 0.4) is 0 Å². The van der Waals surface area contributed by atoms with Gasteiger partial charge in [0.25, 0.3) is 5.91 Å². The van der Waals surface area contributed by atoms with E-state index >= 15 is 0 Å². The minimum absolute atomic E-state index is 0.210. The highest BCUT2D eigenvalue weighted by Crippen LogP contribution is 2.14. The quantitative estimate of drug-likeness (QED) is 0.802. The number of aromatic nitrogens is 1. The number of nitrogens with zero attached hydrogens (tertiary/aromatic N) is 1. The fourth-order valence-electron chi connectivity index (χ4n) is 2.05. The third kappa shape index (κ3) is 5.57. The normalized spacial score (nSPS) is 10.6. The molecule has 0 radical (unpaired) electrons. The summed E-state index contributed by atoms with van der Waals surface area (Å²) in [7, 11) is 0. The van der Waals surface area contributed by atoms with Crippen LogP contribution in [0.2, 0.25) is 5.02 Å². The van der Waals surface area contributed by atoms with Crippen molar-refractivity contribution in [2.45, 2.75) is 26.8 Å². The number of pyridine rings is 1.